The van der Waals surface area contributed by atoms with Gasteiger partial charge in [0, 0.05) is 17.3 Å². The molecule has 0 bridgehead atoms. The van der Waals surface area contributed by atoms with Crippen molar-refractivity contribution in [2.24, 2.45) is 5.73 Å². The number of unbranched alkanes of at least 4 members (excludes halogenated alkanes) is 1. The second kappa shape index (κ2) is 8.71. The topological polar surface area (TPSA) is 95.7 Å². The minimum Gasteiger partial charge on any atom is -0.352 e. The van der Waals surface area contributed by atoms with Crippen LogP contribution in [0.3, 0.4) is 0 Å². The number of piperazine rings is 1. The van der Waals surface area contributed by atoms with Crippen LogP contribution in [0.2, 0.25) is 5.02 Å². The monoisotopic (exact) mass is 366 g/mol. The molecule has 1 saturated heterocycles. The summed E-state index contributed by atoms with van der Waals surface area (Å²) in [6.45, 7) is 2.27. The molecule has 7 nitrogen and oxygen atoms in total. The molecule has 4 amide bonds. The summed E-state index contributed by atoms with van der Waals surface area (Å²) in [6, 6.07) is 6.20. The Hall–Kier alpha value is -2.28. The molecule has 25 heavy (non-hydrogen) atoms. The minimum absolute atomic E-state index is 0.0176. The van der Waals surface area contributed by atoms with Crippen LogP contribution in [-0.4, -0.2) is 48.4 Å². The van der Waals surface area contributed by atoms with Gasteiger partial charge < -0.3 is 20.9 Å². The van der Waals surface area contributed by atoms with Crippen molar-refractivity contribution in [3.05, 3.63) is 29.3 Å². The Morgan fingerprint density at radius 3 is 2.60 bits per heavy atom. The molecule has 1 heterocycles. The Balaban J connectivity index is 2.14. The van der Waals surface area contributed by atoms with Gasteiger partial charge in [0.15, 0.2) is 0 Å². The Bertz CT molecular complexity index is 635. The number of hydrogen-bond donors (Lipinski definition) is 2. The molecule has 8 heteroatoms. The highest BCUT2D eigenvalue weighted by molar-refractivity contribution is 6.30. The van der Waals surface area contributed by atoms with Crippen molar-refractivity contribution in [1.82, 2.24) is 10.2 Å². The van der Waals surface area contributed by atoms with E-state index in [4.69, 9.17) is 17.3 Å². The van der Waals surface area contributed by atoms with Crippen LogP contribution in [0.15, 0.2) is 24.3 Å². The lowest BCUT2D eigenvalue weighted by atomic mass is 10.0. The van der Waals surface area contributed by atoms with Gasteiger partial charge in [-0.3, -0.25) is 9.59 Å². The van der Waals surface area contributed by atoms with Crippen molar-refractivity contribution < 1.29 is 14.4 Å². The number of amides is 4. The summed E-state index contributed by atoms with van der Waals surface area (Å²) < 4.78 is 0. The van der Waals surface area contributed by atoms with Crippen LogP contribution in [0.4, 0.5) is 10.5 Å². The maximum atomic E-state index is 12.5. The molecule has 136 valence electrons. The van der Waals surface area contributed by atoms with Crippen LogP contribution in [0, 0.1) is 0 Å². The number of benzene rings is 1. The number of nitrogens with one attached hydrogen (secondary N) is 1. The first-order chi connectivity index (χ1) is 11.9. The first-order valence-corrected chi connectivity index (χ1v) is 8.69. The SMILES string of the molecule is CCCC[C@H]1CN(c2ccc(Cl)cc2)C(=O)CN1C(=O)CNC(N)=O. The Morgan fingerprint density at radius 1 is 1.32 bits per heavy atom. The maximum absolute atomic E-state index is 12.5. The van der Waals surface area contributed by atoms with Crippen molar-refractivity contribution in [2.45, 2.75) is 32.2 Å². The van der Waals surface area contributed by atoms with E-state index < -0.39 is 6.03 Å². The molecule has 1 aromatic carbocycles. The molecule has 3 N–H and O–H groups in total. The van der Waals surface area contributed by atoms with Crippen LogP contribution >= 0.6 is 11.6 Å². The largest absolute Gasteiger partial charge is 0.352 e. The summed E-state index contributed by atoms with van der Waals surface area (Å²) in [5, 5.41) is 2.89. The third kappa shape index (κ3) is 5.09. The number of urea groups is 1. The normalized spacial score (nSPS) is 17.5. The molecular formula is C17H23ClN4O3. The number of carbonyl (C=O) groups excluding carboxylic acids is 3. The van der Waals surface area contributed by atoms with Crippen LogP contribution in [0.1, 0.15) is 26.2 Å². The van der Waals surface area contributed by atoms with E-state index in [9.17, 15) is 14.4 Å². The molecule has 1 aliphatic rings. The van der Waals surface area contributed by atoms with Crippen molar-refractivity contribution in [2.75, 3.05) is 24.5 Å². The quantitative estimate of drug-likeness (QED) is 0.802. The van der Waals surface area contributed by atoms with Crippen LogP contribution in [-0.2, 0) is 9.59 Å². The predicted molar refractivity (Wildman–Crippen MR) is 96.4 cm³/mol. The van der Waals surface area contributed by atoms with E-state index in [0.717, 1.165) is 24.9 Å². The van der Waals surface area contributed by atoms with Gasteiger partial charge in [-0.1, -0.05) is 31.4 Å². The van der Waals surface area contributed by atoms with Gasteiger partial charge in [0.1, 0.15) is 6.54 Å². The number of anilines is 1. The molecule has 0 aromatic heterocycles. The average Bonchev–Trinajstić information content (AvgIpc) is 2.59. The summed E-state index contributed by atoms with van der Waals surface area (Å²) in [5.41, 5.74) is 5.78. The summed E-state index contributed by atoms with van der Waals surface area (Å²) in [5.74, 6) is -0.466. The number of carbonyl (C=O) groups is 3. The molecule has 2 rings (SSSR count). The lowest BCUT2D eigenvalue weighted by molar-refractivity contribution is -0.139. The van der Waals surface area contributed by atoms with Gasteiger partial charge >= 0.3 is 6.03 Å². The van der Waals surface area contributed by atoms with Gasteiger partial charge in [-0.2, -0.15) is 0 Å². The molecule has 0 spiro atoms. The molecule has 0 unspecified atom stereocenters. The standard InChI is InChI=1S/C17H23ClN4O3/c1-2-3-4-14-10-21(13-7-5-12(18)6-8-13)16(24)11-22(14)15(23)9-20-17(19)25/h5-8,14H,2-4,9-11H2,1H3,(H3,19,20,25)/t14-/m0/s1. The predicted octanol–water partition coefficient (Wildman–Crippen LogP) is 1.74. The van der Waals surface area contributed by atoms with Gasteiger partial charge in [-0.25, -0.2) is 4.79 Å². The summed E-state index contributed by atoms with van der Waals surface area (Å²) >= 11 is 5.91. The lowest BCUT2D eigenvalue weighted by Crippen LogP contribution is -2.59. The second-order valence-electron chi connectivity index (χ2n) is 6.02. The van der Waals surface area contributed by atoms with E-state index >= 15 is 0 Å². The molecule has 0 aliphatic carbocycles. The van der Waals surface area contributed by atoms with Crippen molar-refractivity contribution >= 4 is 35.1 Å². The number of primary amides is 1. The zero-order valence-corrected chi connectivity index (χ0v) is 15.0. The fourth-order valence-corrected chi connectivity index (χ4v) is 3.01. The first kappa shape index (κ1) is 19.1. The van der Waals surface area contributed by atoms with E-state index in [-0.39, 0.29) is 30.9 Å². The molecule has 1 aliphatic heterocycles. The maximum Gasteiger partial charge on any atom is 0.312 e. The Morgan fingerprint density at radius 2 is 2.00 bits per heavy atom. The molecular weight excluding hydrogens is 344 g/mol. The van der Waals surface area contributed by atoms with Gasteiger partial charge in [0.25, 0.3) is 0 Å². The number of nitrogens with zero attached hydrogens (tertiary/aromatic N) is 2. The van der Waals surface area contributed by atoms with E-state index in [2.05, 4.69) is 12.2 Å². The summed E-state index contributed by atoms with van der Waals surface area (Å²) in [6.07, 6.45) is 2.73. The fourth-order valence-electron chi connectivity index (χ4n) is 2.88. The van der Waals surface area contributed by atoms with Crippen LogP contribution in [0.5, 0.6) is 0 Å². The zero-order chi connectivity index (χ0) is 18.4. The minimum atomic E-state index is -0.760. The Kier molecular flexibility index (Phi) is 6.64. The molecule has 0 radical (unpaired) electrons. The van der Waals surface area contributed by atoms with Crippen LogP contribution < -0.4 is 16.0 Å². The third-order valence-electron chi connectivity index (χ3n) is 4.20. The number of hydrogen-bond acceptors (Lipinski definition) is 3. The number of rotatable bonds is 6. The highest BCUT2D eigenvalue weighted by Gasteiger charge is 2.35. The molecule has 1 atom stereocenters. The lowest BCUT2D eigenvalue weighted by Gasteiger charge is -2.41. The van der Waals surface area contributed by atoms with Gasteiger partial charge in [0.05, 0.1) is 12.6 Å². The van der Waals surface area contributed by atoms with E-state index in [1.165, 1.54) is 0 Å². The van der Waals surface area contributed by atoms with Gasteiger partial charge in [0.2, 0.25) is 11.8 Å². The smallest absolute Gasteiger partial charge is 0.312 e. The van der Waals surface area contributed by atoms with Gasteiger partial charge in [-0.15, -0.1) is 0 Å². The van der Waals surface area contributed by atoms with Crippen molar-refractivity contribution in [3.8, 4) is 0 Å². The zero-order valence-electron chi connectivity index (χ0n) is 14.2. The van der Waals surface area contributed by atoms with E-state index in [1.807, 2.05) is 0 Å². The fraction of sp³-hybridized carbons (Fsp3) is 0.471. The van der Waals surface area contributed by atoms with E-state index in [0.29, 0.717) is 11.6 Å². The Labute approximate surface area is 152 Å². The molecule has 1 aromatic rings. The highest BCUT2D eigenvalue weighted by Crippen LogP contribution is 2.24. The van der Waals surface area contributed by atoms with Crippen molar-refractivity contribution in [3.63, 3.8) is 0 Å². The highest BCUT2D eigenvalue weighted by atomic mass is 35.5. The average molecular weight is 367 g/mol. The summed E-state index contributed by atoms with van der Waals surface area (Å²) in [7, 11) is 0. The van der Waals surface area contributed by atoms with Gasteiger partial charge in [-0.05, 0) is 30.7 Å². The number of nitrogens with two attached hydrogens (primary N) is 1. The first-order valence-electron chi connectivity index (χ1n) is 8.31. The van der Waals surface area contributed by atoms with Crippen molar-refractivity contribution in [1.29, 1.82) is 0 Å². The molecule has 1 fully saturated rings. The molecule has 0 saturated carbocycles. The van der Waals surface area contributed by atoms with Crippen LogP contribution in [0.25, 0.3) is 0 Å². The summed E-state index contributed by atoms with van der Waals surface area (Å²) in [4.78, 5) is 39.0. The van der Waals surface area contributed by atoms with E-state index in [1.54, 1.807) is 34.1 Å². The second-order valence-corrected chi connectivity index (χ2v) is 6.45. The number of halogens is 1. The third-order valence-corrected chi connectivity index (χ3v) is 4.46.